The molecule has 5 atom stereocenters. The van der Waals surface area contributed by atoms with Gasteiger partial charge in [-0.15, -0.1) is 0 Å². The highest BCUT2D eigenvalue weighted by molar-refractivity contribution is 5.73. The quantitative estimate of drug-likeness (QED) is 0.364. The average Bonchev–Trinajstić information content (AvgIpc) is 2.11. The van der Waals surface area contributed by atoms with E-state index >= 15 is 0 Å². The number of aliphatic hydroxyl groups is 4. The van der Waals surface area contributed by atoms with Gasteiger partial charge in [-0.2, -0.15) is 0 Å². The van der Waals surface area contributed by atoms with Gasteiger partial charge in [0.25, 0.3) is 0 Å². The molecule has 5 N–H and O–H groups in total. The van der Waals surface area contributed by atoms with Crippen molar-refractivity contribution in [2.45, 2.75) is 50.0 Å². The summed E-state index contributed by atoms with van der Waals surface area (Å²) < 4.78 is 4.90. The van der Waals surface area contributed by atoms with E-state index in [0.29, 0.717) is 0 Å². The largest absolute Gasteiger partial charge is 0.479 e. The Morgan fingerprint density at radius 3 is 2.00 bits per heavy atom. The first-order valence-electron chi connectivity index (χ1n) is 4.81. The van der Waals surface area contributed by atoms with Gasteiger partial charge in [-0.1, -0.05) is 0 Å². The van der Waals surface area contributed by atoms with Crippen molar-refractivity contribution in [1.29, 1.82) is 0 Å². The Hall–Kier alpha value is -0.730. The molecule has 0 radical (unpaired) electrons. The lowest BCUT2D eigenvalue weighted by atomic mass is 9.87. The summed E-state index contributed by atoms with van der Waals surface area (Å²) >= 11 is 0. The molecule has 4 unspecified atom stereocenters. The summed E-state index contributed by atoms with van der Waals surface area (Å²) in [7, 11) is 0. The smallest absolute Gasteiger partial charge is 0.335 e. The van der Waals surface area contributed by atoms with Crippen LogP contribution in [0, 0.1) is 0 Å². The Balaban J connectivity index is 2.94. The van der Waals surface area contributed by atoms with Crippen molar-refractivity contribution in [3.63, 3.8) is 0 Å². The minimum Gasteiger partial charge on any atom is -0.479 e. The van der Waals surface area contributed by atoms with Crippen LogP contribution in [0.1, 0.15) is 13.8 Å². The van der Waals surface area contributed by atoms with Crippen LogP contribution in [-0.4, -0.2) is 67.6 Å². The van der Waals surface area contributed by atoms with Crippen LogP contribution >= 0.6 is 0 Å². The Morgan fingerprint density at radius 2 is 1.62 bits per heavy atom. The van der Waals surface area contributed by atoms with E-state index in [1.807, 2.05) is 0 Å². The second-order valence-electron chi connectivity index (χ2n) is 4.44. The Morgan fingerprint density at radius 1 is 1.12 bits per heavy atom. The van der Waals surface area contributed by atoms with E-state index in [1.54, 1.807) is 0 Å². The third-order valence-electron chi connectivity index (χ3n) is 2.55. The van der Waals surface area contributed by atoms with Crippen molar-refractivity contribution in [2.75, 3.05) is 0 Å². The zero-order chi connectivity index (χ0) is 12.7. The number of hydrogen-bond donors (Lipinski definition) is 5. The molecule has 0 aromatic rings. The second-order valence-corrected chi connectivity index (χ2v) is 4.44. The zero-order valence-electron chi connectivity index (χ0n) is 8.94. The summed E-state index contributed by atoms with van der Waals surface area (Å²) in [5.41, 5.74) is -1.53. The fraction of sp³-hybridized carbons (Fsp3) is 0.889. The van der Waals surface area contributed by atoms with Crippen LogP contribution in [-0.2, 0) is 9.53 Å². The van der Waals surface area contributed by atoms with E-state index in [2.05, 4.69) is 0 Å². The molecule has 1 aliphatic heterocycles. The molecule has 0 aromatic carbocycles. The highest BCUT2D eigenvalue weighted by Crippen LogP contribution is 2.28. The van der Waals surface area contributed by atoms with Gasteiger partial charge in [0.15, 0.2) is 6.10 Å². The Labute approximate surface area is 91.9 Å². The van der Waals surface area contributed by atoms with Gasteiger partial charge in [0, 0.05) is 0 Å². The molecule has 0 bridgehead atoms. The molecule has 94 valence electrons. The van der Waals surface area contributed by atoms with Crippen LogP contribution in [0.5, 0.6) is 0 Å². The number of aliphatic carboxylic acids is 1. The molecule has 0 aliphatic carbocycles. The predicted molar refractivity (Wildman–Crippen MR) is 50.6 cm³/mol. The lowest BCUT2D eigenvalue weighted by molar-refractivity contribution is -0.258. The maximum absolute atomic E-state index is 10.7. The maximum atomic E-state index is 10.7. The molecular formula is C9H16O7. The minimum absolute atomic E-state index is 1.29. The average molecular weight is 236 g/mol. The van der Waals surface area contributed by atoms with Crippen LogP contribution in [0.25, 0.3) is 0 Å². The molecule has 16 heavy (non-hydrogen) atoms. The molecule has 1 heterocycles. The van der Waals surface area contributed by atoms with Crippen molar-refractivity contribution >= 4 is 5.97 Å². The summed E-state index contributed by atoms with van der Waals surface area (Å²) in [5.74, 6) is -1.47. The third kappa shape index (κ3) is 2.33. The fourth-order valence-corrected chi connectivity index (χ4v) is 1.67. The molecule has 1 rings (SSSR count). The van der Waals surface area contributed by atoms with Gasteiger partial charge in [0.1, 0.15) is 24.4 Å². The second kappa shape index (κ2) is 4.27. The molecule has 0 spiro atoms. The number of ether oxygens (including phenoxy) is 1. The van der Waals surface area contributed by atoms with E-state index < -0.39 is 42.1 Å². The molecule has 0 amide bonds. The van der Waals surface area contributed by atoms with Crippen molar-refractivity contribution in [3.8, 4) is 0 Å². The summed E-state index contributed by atoms with van der Waals surface area (Å²) in [6.07, 6.45) is -7.91. The van der Waals surface area contributed by atoms with Gasteiger partial charge in [0.2, 0.25) is 0 Å². The summed E-state index contributed by atoms with van der Waals surface area (Å²) in [5, 5.41) is 46.7. The molecule has 7 heteroatoms. The van der Waals surface area contributed by atoms with Gasteiger partial charge in [-0.05, 0) is 13.8 Å². The summed E-state index contributed by atoms with van der Waals surface area (Å²) in [6.45, 7) is 2.62. The first-order valence-corrected chi connectivity index (χ1v) is 4.81. The number of rotatable bonds is 2. The van der Waals surface area contributed by atoms with E-state index in [1.165, 1.54) is 13.8 Å². The normalized spacial score (nSPS) is 40.8. The Bertz CT molecular complexity index is 272. The van der Waals surface area contributed by atoms with Crippen LogP contribution in [0.3, 0.4) is 0 Å². The van der Waals surface area contributed by atoms with E-state index in [-0.39, 0.29) is 0 Å². The lowest BCUT2D eigenvalue weighted by Crippen LogP contribution is -2.64. The van der Waals surface area contributed by atoms with Crippen molar-refractivity contribution in [3.05, 3.63) is 0 Å². The fourth-order valence-electron chi connectivity index (χ4n) is 1.67. The first kappa shape index (κ1) is 13.3. The maximum Gasteiger partial charge on any atom is 0.335 e. The predicted octanol–water partition coefficient (Wildman–Crippen LogP) is -2.31. The summed E-state index contributed by atoms with van der Waals surface area (Å²) in [4.78, 5) is 10.7. The summed E-state index contributed by atoms with van der Waals surface area (Å²) in [6, 6.07) is 0. The minimum atomic E-state index is -1.73. The topological polar surface area (TPSA) is 127 Å². The highest BCUT2D eigenvalue weighted by atomic mass is 16.6. The third-order valence-corrected chi connectivity index (χ3v) is 2.55. The molecule has 0 aromatic heterocycles. The monoisotopic (exact) mass is 236 g/mol. The number of aliphatic hydroxyl groups excluding tert-OH is 3. The molecule has 1 fully saturated rings. The van der Waals surface area contributed by atoms with Gasteiger partial charge >= 0.3 is 5.97 Å². The van der Waals surface area contributed by atoms with Crippen molar-refractivity contribution in [1.82, 2.24) is 0 Å². The highest BCUT2D eigenvalue weighted by Gasteiger charge is 2.51. The standard InChI is InChI=1S/C9H16O7/c1-9(2,15)7-5(12)3(10)4(11)6(16-7)8(13)14/h3-7,10-12,15H,1-2H3,(H,13,14)/t3?,4-,5?,6?,7?/m0/s1. The van der Waals surface area contributed by atoms with Gasteiger partial charge in [-0.25, -0.2) is 4.79 Å². The number of carbonyl (C=O) groups is 1. The van der Waals surface area contributed by atoms with Crippen molar-refractivity contribution < 1.29 is 35.1 Å². The SMILES string of the molecule is CC(C)(O)C1OC(C(=O)O)[C@@H](O)C(O)C1O. The van der Waals surface area contributed by atoms with Crippen LogP contribution in [0.4, 0.5) is 0 Å². The van der Waals surface area contributed by atoms with Gasteiger partial charge in [-0.3, -0.25) is 0 Å². The van der Waals surface area contributed by atoms with E-state index in [4.69, 9.17) is 9.84 Å². The zero-order valence-corrected chi connectivity index (χ0v) is 8.94. The molecule has 1 aliphatic rings. The van der Waals surface area contributed by atoms with Crippen LogP contribution < -0.4 is 0 Å². The number of carboxylic acids is 1. The van der Waals surface area contributed by atoms with Crippen molar-refractivity contribution in [2.24, 2.45) is 0 Å². The lowest BCUT2D eigenvalue weighted by Gasteiger charge is -2.43. The number of hydrogen-bond acceptors (Lipinski definition) is 6. The van der Waals surface area contributed by atoms with E-state index in [0.717, 1.165) is 0 Å². The molecule has 7 nitrogen and oxygen atoms in total. The first-order chi connectivity index (χ1) is 7.16. The molecular weight excluding hydrogens is 220 g/mol. The Kier molecular flexibility index (Phi) is 3.56. The van der Waals surface area contributed by atoms with E-state index in [9.17, 15) is 25.2 Å². The number of carboxylic acid groups (broad SMARTS) is 1. The molecule has 1 saturated heterocycles. The molecule has 0 saturated carbocycles. The van der Waals surface area contributed by atoms with Gasteiger partial charge < -0.3 is 30.3 Å². The van der Waals surface area contributed by atoms with Crippen LogP contribution in [0.15, 0.2) is 0 Å². The van der Waals surface area contributed by atoms with Gasteiger partial charge in [0.05, 0.1) is 5.60 Å². The van der Waals surface area contributed by atoms with Crippen LogP contribution in [0.2, 0.25) is 0 Å².